The molecule has 0 aliphatic rings. The van der Waals surface area contributed by atoms with Crippen LogP contribution < -0.4 is 11.1 Å². The zero-order valence-electron chi connectivity index (χ0n) is 9.19. The average Bonchev–Trinajstić information content (AvgIpc) is 2.63. The molecule has 0 unspecified atom stereocenters. The minimum Gasteiger partial charge on any atom is -0.375 e. The monoisotopic (exact) mass is 242 g/mol. The summed E-state index contributed by atoms with van der Waals surface area (Å²) in [7, 11) is 3.11. The number of hydrogen-bond acceptors (Lipinski definition) is 5. The average molecular weight is 242 g/mol. The van der Waals surface area contributed by atoms with Crippen molar-refractivity contribution >= 4 is 28.3 Å². The van der Waals surface area contributed by atoms with E-state index < -0.39 is 0 Å². The molecule has 0 radical (unpaired) electrons. The molecule has 0 saturated carbocycles. The van der Waals surface area contributed by atoms with Crippen LogP contribution in [0.2, 0.25) is 0 Å². The highest BCUT2D eigenvalue weighted by atomic mass is 32.1. The predicted molar refractivity (Wildman–Crippen MR) is 61.9 cm³/mol. The number of rotatable bonds is 4. The number of anilines is 1. The summed E-state index contributed by atoms with van der Waals surface area (Å²) >= 11 is 1.29. The Hall–Kier alpha value is -1.63. The van der Waals surface area contributed by atoms with Crippen LogP contribution in [0.1, 0.15) is 5.69 Å². The van der Waals surface area contributed by atoms with E-state index in [0.717, 1.165) is 0 Å². The molecule has 0 atom stereocenters. The van der Waals surface area contributed by atoms with Crippen LogP contribution in [0, 0.1) is 0 Å². The van der Waals surface area contributed by atoms with Gasteiger partial charge in [-0.05, 0) is 0 Å². The van der Waals surface area contributed by atoms with Gasteiger partial charge in [0, 0.05) is 19.5 Å². The molecular weight excluding hydrogens is 228 g/mol. The normalized spacial score (nSPS) is 9.88. The number of thiazole rings is 1. The van der Waals surface area contributed by atoms with Gasteiger partial charge in [-0.1, -0.05) is 0 Å². The summed E-state index contributed by atoms with van der Waals surface area (Å²) in [5.41, 5.74) is 6.09. The highest BCUT2D eigenvalue weighted by molar-refractivity contribution is 7.13. The number of nitrogens with one attached hydrogen (secondary N) is 1. The van der Waals surface area contributed by atoms with Crippen molar-refractivity contribution in [1.29, 1.82) is 0 Å². The van der Waals surface area contributed by atoms with Gasteiger partial charge in [0.2, 0.25) is 11.8 Å². The van der Waals surface area contributed by atoms with Gasteiger partial charge in [-0.3, -0.25) is 9.59 Å². The number of nitrogens with zero attached hydrogens (tertiary/aromatic N) is 2. The highest BCUT2D eigenvalue weighted by Gasteiger charge is 2.13. The molecule has 0 bridgehead atoms. The number of amides is 2. The van der Waals surface area contributed by atoms with Crippen LogP contribution in [-0.4, -0.2) is 42.3 Å². The summed E-state index contributed by atoms with van der Waals surface area (Å²) in [6.45, 7) is 0.0505. The van der Waals surface area contributed by atoms with Crippen LogP contribution in [0.25, 0.3) is 0 Å². The number of likely N-dealkylation sites (N-methyl/N-ethyl adjacent to an activating group) is 2. The molecule has 6 nitrogen and oxygen atoms in total. The van der Waals surface area contributed by atoms with Crippen molar-refractivity contribution < 1.29 is 9.59 Å². The van der Waals surface area contributed by atoms with Crippen molar-refractivity contribution in [2.75, 3.05) is 26.4 Å². The maximum Gasteiger partial charge on any atom is 0.239 e. The van der Waals surface area contributed by atoms with Gasteiger partial charge in [0.25, 0.3) is 0 Å². The molecule has 16 heavy (non-hydrogen) atoms. The second-order valence-electron chi connectivity index (χ2n) is 3.28. The lowest BCUT2D eigenvalue weighted by Crippen LogP contribution is -2.37. The first-order valence-electron chi connectivity index (χ1n) is 4.67. The first kappa shape index (κ1) is 12.4. The Bertz CT molecular complexity index is 391. The summed E-state index contributed by atoms with van der Waals surface area (Å²) in [6.07, 6.45) is 0.168. The second-order valence-corrected chi connectivity index (χ2v) is 4.17. The molecule has 0 saturated heterocycles. The fourth-order valence-corrected chi connectivity index (χ4v) is 1.64. The molecule has 1 heterocycles. The van der Waals surface area contributed by atoms with Crippen LogP contribution in [0.4, 0.5) is 5.13 Å². The van der Waals surface area contributed by atoms with Crippen LogP contribution >= 0.6 is 11.3 Å². The third kappa shape index (κ3) is 3.50. The van der Waals surface area contributed by atoms with E-state index in [9.17, 15) is 9.59 Å². The lowest BCUT2D eigenvalue weighted by atomic mass is 10.3. The molecule has 1 rings (SSSR count). The van der Waals surface area contributed by atoms with Gasteiger partial charge >= 0.3 is 0 Å². The summed E-state index contributed by atoms with van der Waals surface area (Å²) in [6, 6.07) is 0. The van der Waals surface area contributed by atoms with E-state index in [0.29, 0.717) is 10.8 Å². The molecule has 0 aromatic carbocycles. The maximum atomic E-state index is 11.6. The molecule has 0 fully saturated rings. The molecule has 0 aliphatic heterocycles. The molecule has 1 aromatic rings. The maximum absolute atomic E-state index is 11.6. The zero-order chi connectivity index (χ0) is 12.1. The van der Waals surface area contributed by atoms with Gasteiger partial charge in [0.05, 0.1) is 18.7 Å². The topological polar surface area (TPSA) is 88.3 Å². The number of carbonyl (C=O) groups is 2. The first-order chi connectivity index (χ1) is 7.52. The molecule has 88 valence electrons. The molecule has 0 aliphatic carbocycles. The van der Waals surface area contributed by atoms with Crippen LogP contribution in [-0.2, 0) is 16.0 Å². The summed E-state index contributed by atoms with van der Waals surface area (Å²) < 4.78 is 0. The second kappa shape index (κ2) is 5.45. The molecular formula is C9H14N4O2S. The van der Waals surface area contributed by atoms with E-state index in [1.54, 1.807) is 12.4 Å². The SMILES string of the molecule is CNC(=O)CN(C)C(=O)Cc1csc(N)n1. The molecule has 3 N–H and O–H groups in total. The van der Waals surface area contributed by atoms with Crippen molar-refractivity contribution in [2.45, 2.75) is 6.42 Å². The Labute approximate surface area is 97.5 Å². The molecule has 2 amide bonds. The van der Waals surface area contributed by atoms with E-state index in [2.05, 4.69) is 10.3 Å². The lowest BCUT2D eigenvalue weighted by Gasteiger charge is -2.15. The van der Waals surface area contributed by atoms with Gasteiger partial charge in [0.1, 0.15) is 0 Å². The molecule has 0 spiro atoms. The summed E-state index contributed by atoms with van der Waals surface area (Å²) in [4.78, 5) is 28.0. The summed E-state index contributed by atoms with van der Waals surface area (Å²) in [5.74, 6) is -0.359. The van der Waals surface area contributed by atoms with E-state index in [-0.39, 0.29) is 24.8 Å². The first-order valence-corrected chi connectivity index (χ1v) is 5.55. The van der Waals surface area contributed by atoms with Crippen molar-refractivity contribution in [2.24, 2.45) is 0 Å². The molecule has 1 aromatic heterocycles. The Balaban J connectivity index is 2.49. The van der Waals surface area contributed by atoms with Crippen molar-refractivity contribution in [3.63, 3.8) is 0 Å². The van der Waals surface area contributed by atoms with E-state index in [4.69, 9.17) is 5.73 Å². The van der Waals surface area contributed by atoms with Crippen LogP contribution in [0.3, 0.4) is 0 Å². The van der Waals surface area contributed by atoms with Gasteiger partial charge in [0.15, 0.2) is 5.13 Å². The predicted octanol–water partition coefficient (Wildman–Crippen LogP) is -0.528. The fourth-order valence-electron chi connectivity index (χ4n) is 1.08. The number of carbonyl (C=O) groups excluding carboxylic acids is 2. The lowest BCUT2D eigenvalue weighted by molar-refractivity contribution is -0.134. The third-order valence-electron chi connectivity index (χ3n) is 1.99. The number of nitrogens with two attached hydrogens (primary N) is 1. The minimum absolute atomic E-state index is 0.0505. The van der Waals surface area contributed by atoms with Crippen molar-refractivity contribution in [3.8, 4) is 0 Å². The van der Waals surface area contributed by atoms with E-state index >= 15 is 0 Å². The van der Waals surface area contributed by atoms with Gasteiger partial charge in [-0.2, -0.15) is 0 Å². The third-order valence-corrected chi connectivity index (χ3v) is 2.71. The standard InChI is InChI=1S/C9H14N4O2S/c1-11-7(14)4-13(2)8(15)3-6-5-16-9(10)12-6/h5H,3-4H2,1-2H3,(H2,10,12)(H,11,14). The zero-order valence-corrected chi connectivity index (χ0v) is 10.0. The van der Waals surface area contributed by atoms with Gasteiger partial charge < -0.3 is 16.0 Å². The number of hydrogen-bond donors (Lipinski definition) is 2. The highest BCUT2D eigenvalue weighted by Crippen LogP contribution is 2.11. The largest absolute Gasteiger partial charge is 0.375 e. The van der Waals surface area contributed by atoms with Gasteiger partial charge in [-0.15, -0.1) is 11.3 Å². The number of nitrogen functional groups attached to an aromatic ring is 1. The quantitative estimate of drug-likeness (QED) is 0.743. The Morgan fingerprint density at radius 3 is 2.81 bits per heavy atom. The van der Waals surface area contributed by atoms with Crippen LogP contribution in [0.5, 0.6) is 0 Å². The van der Waals surface area contributed by atoms with Crippen molar-refractivity contribution in [1.82, 2.24) is 15.2 Å². The van der Waals surface area contributed by atoms with Crippen molar-refractivity contribution in [3.05, 3.63) is 11.1 Å². The van der Waals surface area contributed by atoms with E-state index in [1.165, 1.54) is 23.3 Å². The van der Waals surface area contributed by atoms with E-state index in [1.807, 2.05) is 0 Å². The Kier molecular flexibility index (Phi) is 4.24. The minimum atomic E-state index is -0.200. The van der Waals surface area contributed by atoms with Crippen LogP contribution in [0.15, 0.2) is 5.38 Å². The Morgan fingerprint density at radius 1 is 1.62 bits per heavy atom. The fraction of sp³-hybridized carbons (Fsp3) is 0.444. The Morgan fingerprint density at radius 2 is 2.31 bits per heavy atom. The van der Waals surface area contributed by atoms with Gasteiger partial charge in [-0.25, -0.2) is 4.98 Å². The molecule has 7 heteroatoms. The smallest absolute Gasteiger partial charge is 0.239 e. The number of aromatic nitrogens is 1. The summed E-state index contributed by atoms with van der Waals surface area (Å²) in [5, 5.41) is 4.63.